The van der Waals surface area contributed by atoms with Crippen LogP contribution in [0.4, 0.5) is 0 Å². The maximum Gasteiger partial charge on any atom is 0.303 e. The molecule has 1 N–H and O–H groups in total. The van der Waals surface area contributed by atoms with E-state index in [0.29, 0.717) is 6.42 Å². The molecule has 0 aromatic rings. The van der Waals surface area contributed by atoms with Crippen LogP contribution >= 0.6 is 0 Å². The lowest BCUT2D eigenvalue weighted by atomic mass is 9.93. The predicted molar refractivity (Wildman–Crippen MR) is 146 cm³/mol. The molecule has 1 unspecified atom stereocenters. The molecule has 0 aliphatic heterocycles. The average molecular weight is 466 g/mol. The topological polar surface area (TPSA) is 40.5 Å². The predicted octanol–water partition coefficient (Wildman–Crippen LogP) is 9.41. The molecule has 0 bridgehead atoms. The van der Waals surface area contributed by atoms with Crippen LogP contribution in [0, 0.1) is 5.92 Å². The zero-order valence-electron chi connectivity index (χ0n) is 22.8. The van der Waals surface area contributed by atoms with E-state index in [0.717, 1.165) is 18.8 Å². The van der Waals surface area contributed by atoms with Gasteiger partial charge in [0, 0.05) is 13.0 Å². The van der Waals surface area contributed by atoms with Crippen molar-refractivity contribution in [3.8, 4) is 0 Å². The highest BCUT2D eigenvalue weighted by molar-refractivity contribution is 5.66. The number of nitrogens with zero attached hydrogens (tertiary/aromatic N) is 1. The molecule has 1 atom stereocenters. The van der Waals surface area contributed by atoms with E-state index in [1.807, 2.05) is 0 Å². The van der Waals surface area contributed by atoms with Crippen LogP contribution in [-0.4, -0.2) is 36.6 Å². The summed E-state index contributed by atoms with van der Waals surface area (Å²) in [5.41, 5.74) is 0. The SMILES string of the molecule is CCCCCCCCC(CCCCCCCC/C=C/CCCCCCCC(=O)O)CN(C)C. The van der Waals surface area contributed by atoms with Crippen LogP contribution < -0.4 is 0 Å². The Hall–Kier alpha value is -0.830. The van der Waals surface area contributed by atoms with Crippen molar-refractivity contribution in [3.05, 3.63) is 12.2 Å². The molecular weight excluding hydrogens is 406 g/mol. The molecule has 0 fully saturated rings. The summed E-state index contributed by atoms with van der Waals surface area (Å²) in [6.07, 6.45) is 32.8. The smallest absolute Gasteiger partial charge is 0.303 e. The maximum atomic E-state index is 10.5. The Morgan fingerprint density at radius 1 is 0.667 bits per heavy atom. The standard InChI is InChI=1S/C30H59NO2/c1-4-5-6-7-19-22-25-29(28-31(2)3)26-23-20-17-15-13-11-9-8-10-12-14-16-18-21-24-27-30(32)33/h8,10,29H,4-7,9,11-28H2,1-3H3,(H,32,33)/b10-8+. The molecule has 0 radical (unpaired) electrons. The van der Waals surface area contributed by atoms with Gasteiger partial charge < -0.3 is 10.0 Å². The third-order valence-electron chi connectivity index (χ3n) is 6.75. The van der Waals surface area contributed by atoms with Crippen molar-refractivity contribution in [2.45, 2.75) is 148 Å². The van der Waals surface area contributed by atoms with Gasteiger partial charge in [-0.2, -0.15) is 0 Å². The summed E-state index contributed by atoms with van der Waals surface area (Å²) in [6.45, 7) is 3.57. The monoisotopic (exact) mass is 465 g/mol. The van der Waals surface area contributed by atoms with Crippen molar-refractivity contribution >= 4 is 5.97 Å². The van der Waals surface area contributed by atoms with E-state index in [1.54, 1.807) is 0 Å². The van der Waals surface area contributed by atoms with Crippen molar-refractivity contribution in [1.82, 2.24) is 4.90 Å². The molecule has 0 aliphatic carbocycles. The van der Waals surface area contributed by atoms with Crippen LogP contribution in [0.25, 0.3) is 0 Å². The molecule has 0 saturated carbocycles. The van der Waals surface area contributed by atoms with Gasteiger partial charge in [-0.25, -0.2) is 0 Å². The third-order valence-corrected chi connectivity index (χ3v) is 6.75. The number of rotatable bonds is 26. The van der Waals surface area contributed by atoms with Gasteiger partial charge in [-0.1, -0.05) is 109 Å². The summed E-state index contributed by atoms with van der Waals surface area (Å²) >= 11 is 0. The highest BCUT2D eigenvalue weighted by Gasteiger charge is 2.09. The van der Waals surface area contributed by atoms with Crippen molar-refractivity contribution < 1.29 is 9.90 Å². The van der Waals surface area contributed by atoms with Crippen molar-refractivity contribution in [1.29, 1.82) is 0 Å². The van der Waals surface area contributed by atoms with Crippen molar-refractivity contribution in [3.63, 3.8) is 0 Å². The second-order valence-electron chi connectivity index (χ2n) is 10.6. The van der Waals surface area contributed by atoms with E-state index in [2.05, 4.69) is 38.1 Å². The molecule has 0 heterocycles. The van der Waals surface area contributed by atoms with E-state index < -0.39 is 5.97 Å². The Balaban J connectivity index is 3.49. The summed E-state index contributed by atoms with van der Waals surface area (Å²) in [4.78, 5) is 12.8. The number of aliphatic carboxylic acids is 1. The van der Waals surface area contributed by atoms with Gasteiger partial charge in [-0.3, -0.25) is 4.79 Å². The number of carboxylic acid groups (broad SMARTS) is 1. The molecule has 196 valence electrons. The van der Waals surface area contributed by atoms with Crippen molar-refractivity contribution in [2.24, 2.45) is 5.92 Å². The summed E-state index contributed by atoms with van der Waals surface area (Å²) in [5, 5.41) is 8.62. The molecule has 3 heteroatoms. The molecule has 0 aromatic carbocycles. The van der Waals surface area contributed by atoms with Crippen LogP contribution in [0.15, 0.2) is 12.2 Å². The first-order chi connectivity index (χ1) is 16.1. The van der Waals surface area contributed by atoms with Gasteiger partial charge in [-0.15, -0.1) is 0 Å². The van der Waals surface area contributed by atoms with Gasteiger partial charge in [0.25, 0.3) is 0 Å². The van der Waals surface area contributed by atoms with Crippen molar-refractivity contribution in [2.75, 3.05) is 20.6 Å². The second kappa shape index (κ2) is 25.8. The van der Waals surface area contributed by atoms with Gasteiger partial charge in [0.2, 0.25) is 0 Å². The number of unbranched alkanes of at least 4 members (excludes halogenated alkanes) is 16. The van der Waals surface area contributed by atoms with E-state index in [9.17, 15) is 4.79 Å². The molecule has 3 nitrogen and oxygen atoms in total. The largest absolute Gasteiger partial charge is 0.481 e. The van der Waals surface area contributed by atoms with Crippen LogP contribution in [0.2, 0.25) is 0 Å². The summed E-state index contributed by atoms with van der Waals surface area (Å²) < 4.78 is 0. The van der Waals surface area contributed by atoms with E-state index in [4.69, 9.17) is 5.11 Å². The Labute approximate surface area is 207 Å². The fourth-order valence-corrected chi connectivity index (χ4v) is 4.76. The lowest BCUT2D eigenvalue weighted by Gasteiger charge is -2.21. The number of hydrogen-bond donors (Lipinski definition) is 1. The average Bonchev–Trinajstić information content (AvgIpc) is 2.77. The van der Waals surface area contributed by atoms with Gasteiger partial charge in [0.05, 0.1) is 0 Å². The molecule has 0 spiro atoms. The van der Waals surface area contributed by atoms with Crippen LogP contribution in [0.5, 0.6) is 0 Å². The molecule has 33 heavy (non-hydrogen) atoms. The van der Waals surface area contributed by atoms with Crippen LogP contribution in [0.3, 0.4) is 0 Å². The van der Waals surface area contributed by atoms with Gasteiger partial charge in [0.15, 0.2) is 0 Å². The summed E-state index contributed by atoms with van der Waals surface area (Å²) in [5.74, 6) is 0.242. The first-order valence-electron chi connectivity index (χ1n) is 14.6. The minimum absolute atomic E-state index is 0.329. The Morgan fingerprint density at radius 2 is 1.09 bits per heavy atom. The summed E-state index contributed by atoms with van der Waals surface area (Å²) in [7, 11) is 4.46. The normalized spacial score (nSPS) is 12.7. The molecule has 0 aliphatic rings. The van der Waals surface area contributed by atoms with Gasteiger partial charge in [0.1, 0.15) is 0 Å². The number of carboxylic acids is 1. The quantitative estimate of drug-likeness (QED) is 0.102. The molecule has 0 saturated heterocycles. The fraction of sp³-hybridized carbons (Fsp3) is 0.900. The van der Waals surface area contributed by atoms with E-state index in [-0.39, 0.29) is 0 Å². The molecule has 0 rings (SSSR count). The number of allylic oxidation sites excluding steroid dienone is 2. The minimum Gasteiger partial charge on any atom is -0.481 e. The van der Waals surface area contributed by atoms with Crippen LogP contribution in [-0.2, 0) is 4.79 Å². The van der Waals surface area contributed by atoms with Gasteiger partial charge in [-0.05, 0) is 65.0 Å². The second-order valence-corrected chi connectivity index (χ2v) is 10.6. The van der Waals surface area contributed by atoms with Gasteiger partial charge >= 0.3 is 5.97 Å². The minimum atomic E-state index is -0.662. The summed E-state index contributed by atoms with van der Waals surface area (Å²) in [6, 6.07) is 0. The fourth-order valence-electron chi connectivity index (χ4n) is 4.76. The highest BCUT2D eigenvalue weighted by Crippen LogP contribution is 2.20. The van der Waals surface area contributed by atoms with E-state index in [1.165, 1.54) is 129 Å². The van der Waals surface area contributed by atoms with Crippen LogP contribution in [0.1, 0.15) is 148 Å². The number of hydrogen-bond acceptors (Lipinski definition) is 2. The molecule has 0 amide bonds. The molecule has 0 aromatic heterocycles. The third kappa shape index (κ3) is 27.3. The first-order valence-corrected chi connectivity index (χ1v) is 14.6. The number of carbonyl (C=O) groups is 1. The lowest BCUT2D eigenvalue weighted by Crippen LogP contribution is -2.21. The molecular formula is C30H59NO2. The highest BCUT2D eigenvalue weighted by atomic mass is 16.4. The zero-order chi connectivity index (χ0) is 24.4. The van der Waals surface area contributed by atoms with E-state index >= 15 is 0 Å². The zero-order valence-corrected chi connectivity index (χ0v) is 22.8. The maximum absolute atomic E-state index is 10.5. The lowest BCUT2D eigenvalue weighted by molar-refractivity contribution is -0.137. The first kappa shape index (κ1) is 32.2. The Bertz CT molecular complexity index is 433. The Morgan fingerprint density at radius 3 is 1.55 bits per heavy atom. The Kier molecular flexibility index (Phi) is 25.1.